The molecule has 5 heteroatoms. The molecule has 0 radical (unpaired) electrons. The fourth-order valence-electron chi connectivity index (χ4n) is 1.33. The molecule has 0 spiro atoms. The molecule has 1 aromatic rings. The van der Waals surface area contributed by atoms with Crippen LogP contribution in [0.25, 0.3) is 0 Å². The molecule has 1 aliphatic heterocycles. The molecule has 0 N–H and O–H groups in total. The Morgan fingerprint density at radius 3 is 2.50 bits per heavy atom. The van der Waals surface area contributed by atoms with E-state index in [0.717, 1.165) is 11.3 Å². The van der Waals surface area contributed by atoms with Crippen molar-refractivity contribution in [3.63, 3.8) is 0 Å². The number of ether oxygens (including phenoxy) is 2. The second kappa shape index (κ2) is 3.49. The van der Waals surface area contributed by atoms with Crippen LogP contribution < -0.4 is 14.4 Å². The van der Waals surface area contributed by atoms with E-state index in [-0.39, 0.29) is 0 Å². The molecule has 0 amide bonds. The monoisotopic (exact) mass is 213 g/mol. The molecule has 0 aromatic carbocycles. The molecule has 0 fully saturated rings. The summed E-state index contributed by atoms with van der Waals surface area (Å²) in [4.78, 5) is 13.3. The summed E-state index contributed by atoms with van der Waals surface area (Å²) in [7, 11) is 3.83. The van der Waals surface area contributed by atoms with Crippen molar-refractivity contribution in [1.82, 2.24) is 0 Å². The van der Waals surface area contributed by atoms with Crippen LogP contribution in [0.4, 0.5) is 5.00 Å². The molecule has 1 aliphatic rings. The normalized spacial score (nSPS) is 13.9. The average molecular weight is 213 g/mol. The first-order chi connectivity index (χ1) is 6.74. The molecule has 0 saturated heterocycles. The maximum atomic E-state index is 10.8. The van der Waals surface area contributed by atoms with Crippen molar-refractivity contribution < 1.29 is 14.3 Å². The van der Waals surface area contributed by atoms with Crippen LogP contribution >= 0.6 is 11.3 Å². The lowest BCUT2D eigenvalue weighted by atomic mass is 10.4. The van der Waals surface area contributed by atoms with Crippen molar-refractivity contribution in [2.24, 2.45) is 0 Å². The van der Waals surface area contributed by atoms with E-state index < -0.39 is 0 Å². The molecule has 76 valence electrons. The van der Waals surface area contributed by atoms with Crippen LogP contribution in [-0.4, -0.2) is 33.6 Å². The maximum Gasteiger partial charge on any atom is 0.196 e. The van der Waals surface area contributed by atoms with Crippen molar-refractivity contribution in [2.75, 3.05) is 32.2 Å². The Morgan fingerprint density at radius 2 is 1.93 bits per heavy atom. The third kappa shape index (κ3) is 1.33. The zero-order valence-corrected chi connectivity index (χ0v) is 8.89. The molecule has 4 nitrogen and oxygen atoms in total. The summed E-state index contributed by atoms with van der Waals surface area (Å²) in [5.41, 5.74) is 0. The number of thiophene rings is 1. The first kappa shape index (κ1) is 9.33. The quantitative estimate of drug-likeness (QED) is 0.696. The predicted molar refractivity (Wildman–Crippen MR) is 55.0 cm³/mol. The van der Waals surface area contributed by atoms with E-state index in [2.05, 4.69) is 0 Å². The van der Waals surface area contributed by atoms with E-state index in [4.69, 9.17) is 9.47 Å². The summed E-state index contributed by atoms with van der Waals surface area (Å²) in [5, 5.41) is 0.932. The number of aldehydes is 1. The van der Waals surface area contributed by atoms with E-state index in [9.17, 15) is 4.79 Å². The van der Waals surface area contributed by atoms with Gasteiger partial charge in [0.25, 0.3) is 0 Å². The lowest BCUT2D eigenvalue weighted by Crippen LogP contribution is -2.17. The summed E-state index contributed by atoms with van der Waals surface area (Å²) in [5.74, 6) is 1.30. The summed E-state index contributed by atoms with van der Waals surface area (Å²) in [6.45, 7) is 1.06. The summed E-state index contributed by atoms with van der Waals surface area (Å²) >= 11 is 1.39. The fourth-order valence-corrected chi connectivity index (χ4v) is 2.26. The summed E-state index contributed by atoms with van der Waals surface area (Å²) in [6, 6.07) is 0. The SMILES string of the molecule is CN(C)c1sc(C=O)c2c1OCCO2. The zero-order chi connectivity index (χ0) is 10.1. The van der Waals surface area contributed by atoms with Crippen LogP contribution in [0.3, 0.4) is 0 Å². The highest BCUT2D eigenvalue weighted by Gasteiger charge is 2.24. The molecule has 1 aromatic heterocycles. The molecule has 2 rings (SSSR count). The van der Waals surface area contributed by atoms with Gasteiger partial charge in [0.2, 0.25) is 0 Å². The Labute approximate surface area is 86.0 Å². The smallest absolute Gasteiger partial charge is 0.196 e. The van der Waals surface area contributed by atoms with E-state index >= 15 is 0 Å². The molecule has 2 heterocycles. The fraction of sp³-hybridized carbons (Fsp3) is 0.444. The number of carbonyl (C=O) groups excluding carboxylic acids is 1. The van der Waals surface area contributed by atoms with Gasteiger partial charge >= 0.3 is 0 Å². The Bertz CT molecular complexity index is 359. The number of hydrogen-bond acceptors (Lipinski definition) is 5. The molecule has 0 bridgehead atoms. The van der Waals surface area contributed by atoms with E-state index in [1.807, 2.05) is 19.0 Å². The van der Waals surface area contributed by atoms with Crippen LogP contribution in [0.5, 0.6) is 11.5 Å². The van der Waals surface area contributed by atoms with Gasteiger partial charge < -0.3 is 14.4 Å². The van der Waals surface area contributed by atoms with Gasteiger partial charge in [0.1, 0.15) is 23.1 Å². The first-order valence-corrected chi connectivity index (χ1v) is 5.10. The van der Waals surface area contributed by atoms with Crippen molar-refractivity contribution in [1.29, 1.82) is 0 Å². The minimum absolute atomic E-state index is 0.511. The Balaban J connectivity index is 2.52. The van der Waals surface area contributed by atoms with Crippen LogP contribution in [-0.2, 0) is 0 Å². The van der Waals surface area contributed by atoms with Crippen molar-refractivity contribution >= 4 is 22.6 Å². The maximum absolute atomic E-state index is 10.8. The van der Waals surface area contributed by atoms with Gasteiger partial charge in [0, 0.05) is 14.1 Å². The number of fused-ring (bicyclic) bond motifs is 1. The third-order valence-electron chi connectivity index (χ3n) is 1.92. The van der Waals surface area contributed by atoms with Gasteiger partial charge in [-0.15, -0.1) is 11.3 Å². The van der Waals surface area contributed by atoms with Crippen LogP contribution in [0, 0.1) is 0 Å². The van der Waals surface area contributed by atoms with Crippen LogP contribution in [0.15, 0.2) is 0 Å². The van der Waals surface area contributed by atoms with Crippen LogP contribution in [0.2, 0.25) is 0 Å². The zero-order valence-electron chi connectivity index (χ0n) is 8.07. The number of carbonyl (C=O) groups is 1. The molecule has 0 aliphatic carbocycles. The number of nitrogens with zero attached hydrogens (tertiary/aromatic N) is 1. The average Bonchev–Trinajstić information content (AvgIpc) is 2.56. The first-order valence-electron chi connectivity index (χ1n) is 4.29. The lowest BCUT2D eigenvalue weighted by molar-refractivity contribution is 0.111. The minimum Gasteiger partial charge on any atom is -0.484 e. The predicted octanol–water partition coefficient (Wildman–Crippen LogP) is 1.40. The molecule has 0 unspecified atom stereocenters. The van der Waals surface area contributed by atoms with Gasteiger partial charge in [-0.1, -0.05) is 0 Å². The van der Waals surface area contributed by atoms with Gasteiger partial charge in [0.05, 0.1) is 0 Å². The topological polar surface area (TPSA) is 38.8 Å². The van der Waals surface area contributed by atoms with Gasteiger partial charge in [-0.05, 0) is 0 Å². The van der Waals surface area contributed by atoms with Gasteiger partial charge in [-0.3, -0.25) is 4.79 Å². The Kier molecular flexibility index (Phi) is 2.33. The molecule has 0 saturated carbocycles. The minimum atomic E-state index is 0.511. The molecule has 14 heavy (non-hydrogen) atoms. The summed E-state index contributed by atoms with van der Waals surface area (Å²) < 4.78 is 10.9. The molecule has 0 atom stereocenters. The van der Waals surface area contributed by atoms with E-state index in [1.54, 1.807) is 0 Å². The second-order valence-corrected chi connectivity index (χ2v) is 4.17. The van der Waals surface area contributed by atoms with Gasteiger partial charge in [-0.25, -0.2) is 0 Å². The third-order valence-corrected chi connectivity index (χ3v) is 3.17. The number of anilines is 1. The summed E-state index contributed by atoms with van der Waals surface area (Å²) in [6.07, 6.45) is 0.811. The van der Waals surface area contributed by atoms with Crippen molar-refractivity contribution in [2.45, 2.75) is 0 Å². The number of hydrogen-bond donors (Lipinski definition) is 0. The highest BCUT2D eigenvalue weighted by Crippen LogP contribution is 2.48. The largest absolute Gasteiger partial charge is 0.484 e. The van der Waals surface area contributed by atoms with E-state index in [0.29, 0.717) is 29.6 Å². The standard InChI is InChI=1S/C9H11NO3S/c1-10(2)9-8-7(6(5-11)14-9)12-3-4-13-8/h5H,3-4H2,1-2H3. The molecular weight excluding hydrogens is 202 g/mol. The highest BCUT2D eigenvalue weighted by atomic mass is 32.1. The van der Waals surface area contributed by atoms with Crippen LogP contribution in [0.1, 0.15) is 9.67 Å². The molecular formula is C9H11NO3S. The van der Waals surface area contributed by atoms with Gasteiger partial charge in [-0.2, -0.15) is 0 Å². The van der Waals surface area contributed by atoms with Crippen molar-refractivity contribution in [3.8, 4) is 11.5 Å². The van der Waals surface area contributed by atoms with E-state index in [1.165, 1.54) is 11.3 Å². The second-order valence-electron chi connectivity index (χ2n) is 3.14. The van der Waals surface area contributed by atoms with Crippen molar-refractivity contribution in [3.05, 3.63) is 4.88 Å². The Hall–Kier alpha value is -1.23. The lowest BCUT2D eigenvalue weighted by Gasteiger charge is -2.18. The Morgan fingerprint density at radius 1 is 1.29 bits per heavy atom. The highest BCUT2D eigenvalue weighted by molar-refractivity contribution is 7.18. The van der Waals surface area contributed by atoms with Gasteiger partial charge in [0.15, 0.2) is 17.8 Å². The number of rotatable bonds is 2.